The highest BCUT2D eigenvalue weighted by molar-refractivity contribution is 6.31. The zero-order valence-electron chi connectivity index (χ0n) is 16.7. The van der Waals surface area contributed by atoms with Gasteiger partial charge in [0.15, 0.2) is 5.84 Å². The molecule has 13 heteroatoms. The molecule has 3 amide bonds. The van der Waals surface area contributed by atoms with Gasteiger partial charge in [-0.2, -0.15) is 5.11 Å². The first-order chi connectivity index (χ1) is 14.6. The molecule has 2 aromatic rings. The van der Waals surface area contributed by atoms with Crippen LogP contribution in [0.15, 0.2) is 39.8 Å². The van der Waals surface area contributed by atoms with Gasteiger partial charge in [-0.1, -0.05) is 11.6 Å². The van der Waals surface area contributed by atoms with Crippen molar-refractivity contribution in [3.05, 3.63) is 52.3 Å². The molecular weight excluding hydrogens is 434 g/mol. The molecule has 0 saturated heterocycles. The normalized spacial score (nSPS) is 12.5. The van der Waals surface area contributed by atoms with Crippen LogP contribution in [0.1, 0.15) is 31.1 Å². The number of nitrogens with zero attached hydrogens (tertiary/aromatic N) is 4. The third-order valence-corrected chi connectivity index (χ3v) is 4.06. The molecule has 0 aliphatic heterocycles. The topological polar surface area (TPSA) is 146 Å². The van der Waals surface area contributed by atoms with E-state index >= 15 is 0 Å². The standard InChI is InChI=1S/C18H19ClF2N8O2/c1-8(25-18(31)28-26-9(2)30)16-14(21)4-10(7-24-16)12-5-11(19)6-13(20)15(12)17(22)27-29-23-3/h4-8H,1-3H3,(H,26,30)(H2,22,23,27)(H2,25,28,31). The number of carbonyl (C=O) groups excluding carboxylic acids is 2. The van der Waals surface area contributed by atoms with Crippen molar-refractivity contribution < 1.29 is 18.4 Å². The monoisotopic (exact) mass is 452 g/mol. The number of halogens is 3. The van der Waals surface area contributed by atoms with Crippen molar-refractivity contribution in [2.75, 3.05) is 7.05 Å². The molecule has 1 atom stereocenters. The van der Waals surface area contributed by atoms with Gasteiger partial charge in [-0.15, -0.1) is 5.10 Å². The molecule has 2 rings (SSSR count). The van der Waals surface area contributed by atoms with Crippen molar-refractivity contribution in [2.24, 2.45) is 21.2 Å². The molecule has 0 radical (unpaired) electrons. The smallest absolute Gasteiger partial charge is 0.334 e. The molecule has 0 spiro atoms. The number of pyridine rings is 1. The zero-order valence-corrected chi connectivity index (χ0v) is 17.5. The summed E-state index contributed by atoms with van der Waals surface area (Å²) in [5.41, 5.74) is 10.1. The lowest BCUT2D eigenvalue weighted by molar-refractivity contribution is -0.119. The number of benzene rings is 1. The number of rotatable bonds is 5. The van der Waals surface area contributed by atoms with Gasteiger partial charge in [0.1, 0.15) is 11.6 Å². The number of hydrogen-bond donors (Lipinski definition) is 4. The molecule has 0 aliphatic carbocycles. The maximum Gasteiger partial charge on any atom is 0.334 e. The van der Waals surface area contributed by atoms with E-state index in [2.05, 4.69) is 36.6 Å². The minimum Gasteiger partial charge on any atom is -0.382 e. The van der Waals surface area contributed by atoms with Crippen molar-refractivity contribution in [3.63, 3.8) is 0 Å². The second-order valence-corrected chi connectivity index (χ2v) is 6.61. The van der Waals surface area contributed by atoms with E-state index in [0.29, 0.717) is 0 Å². The van der Waals surface area contributed by atoms with Crippen LogP contribution in [0.5, 0.6) is 0 Å². The third-order valence-electron chi connectivity index (χ3n) is 3.84. The Labute approximate surface area is 180 Å². The van der Waals surface area contributed by atoms with Gasteiger partial charge in [-0.05, 0) is 35.9 Å². The van der Waals surface area contributed by atoms with Crippen molar-refractivity contribution in [1.82, 2.24) is 21.2 Å². The van der Waals surface area contributed by atoms with Crippen molar-refractivity contribution >= 4 is 29.4 Å². The highest BCUT2D eigenvalue weighted by Crippen LogP contribution is 2.30. The molecule has 10 nitrogen and oxygen atoms in total. The van der Waals surface area contributed by atoms with Gasteiger partial charge in [-0.25, -0.2) is 19.0 Å². The number of aromatic nitrogens is 1. The minimum atomic E-state index is -0.852. The maximum absolute atomic E-state index is 14.8. The Morgan fingerprint density at radius 1 is 1.19 bits per heavy atom. The van der Waals surface area contributed by atoms with E-state index in [1.54, 1.807) is 0 Å². The van der Waals surface area contributed by atoms with Gasteiger partial charge < -0.3 is 11.1 Å². The van der Waals surface area contributed by atoms with E-state index in [-0.39, 0.29) is 33.2 Å². The number of nitrogens with one attached hydrogen (secondary N) is 3. The first-order valence-electron chi connectivity index (χ1n) is 8.74. The summed E-state index contributed by atoms with van der Waals surface area (Å²) in [6.07, 6.45) is 1.27. The summed E-state index contributed by atoms with van der Waals surface area (Å²) in [6, 6.07) is 1.89. The molecule has 1 unspecified atom stereocenters. The lowest BCUT2D eigenvalue weighted by Gasteiger charge is -2.16. The van der Waals surface area contributed by atoms with Crippen LogP contribution >= 0.6 is 11.6 Å². The predicted octanol–water partition coefficient (Wildman–Crippen LogP) is 2.79. The van der Waals surface area contributed by atoms with Crippen LogP contribution in [0, 0.1) is 11.6 Å². The SMILES string of the molecule is CN=NN=C(N)c1c(F)cc(Cl)cc1-c1cnc(C(C)NC(=O)NNC(C)=O)c(F)c1. The Bertz CT molecular complexity index is 1060. The molecule has 31 heavy (non-hydrogen) atoms. The predicted molar refractivity (Wildman–Crippen MR) is 110 cm³/mol. The molecule has 1 aromatic heterocycles. The molecule has 0 fully saturated rings. The fourth-order valence-corrected chi connectivity index (χ4v) is 2.77. The van der Waals surface area contributed by atoms with Crippen LogP contribution in [-0.4, -0.2) is 29.8 Å². The third kappa shape index (κ3) is 6.15. The molecule has 1 heterocycles. The largest absolute Gasteiger partial charge is 0.382 e. The molecule has 5 N–H and O–H groups in total. The summed E-state index contributed by atoms with van der Waals surface area (Å²) in [7, 11) is 1.36. The van der Waals surface area contributed by atoms with Crippen LogP contribution < -0.4 is 21.9 Å². The summed E-state index contributed by atoms with van der Waals surface area (Å²) in [5.74, 6) is -2.34. The quantitative estimate of drug-likeness (QED) is 0.239. The highest BCUT2D eigenvalue weighted by Gasteiger charge is 2.20. The summed E-state index contributed by atoms with van der Waals surface area (Å²) in [4.78, 5) is 26.6. The molecule has 164 valence electrons. The first-order valence-corrected chi connectivity index (χ1v) is 9.12. The van der Waals surface area contributed by atoms with Crippen LogP contribution in [0.4, 0.5) is 13.6 Å². The first kappa shape index (κ1) is 23.6. The summed E-state index contributed by atoms with van der Waals surface area (Å²) in [5, 5.41) is 12.9. The van der Waals surface area contributed by atoms with E-state index < -0.39 is 29.6 Å². The number of hydrogen-bond acceptors (Lipinski definition) is 5. The minimum absolute atomic E-state index is 0.0512. The molecule has 1 aromatic carbocycles. The van der Waals surface area contributed by atoms with Crippen LogP contribution in [0.2, 0.25) is 5.02 Å². The Kier molecular flexibility index (Phi) is 7.91. The lowest BCUT2D eigenvalue weighted by Crippen LogP contribution is -2.46. The van der Waals surface area contributed by atoms with E-state index in [4.69, 9.17) is 17.3 Å². The molecular formula is C18H19ClF2N8O2. The number of nitrogens with two attached hydrogens (primary N) is 1. The van der Waals surface area contributed by atoms with E-state index in [1.807, 2.05) is 0 Å². The molecule has 0 aliphatic rings. The number of carbonyl (C=O) groups is 2. The number of hydrazine groups is 1. The Balaban J connectivity index is 2.39. The van der Waals surface area contributed by atoms with Gasteiger partial charge in [0.05, 0.1) is 24.3 Å². The van der Waals surface area contributed by atoms with Crippen molar-refractivity contribution in [2.45, 2.75) is 19.9 Å². The highest BCUT2D eigenvalue weighted by atomic mass is 35.5. The fraction of sp³-hybridized carbons (Fsp3) is 0.222. The second kappa shape index (κ2) is 10.4. The van der Waals surface area contributed by atoms with Gasteiger partial charge in [0.25, 0.3) is 0 Å². The van der Waals surface area contributed by atoms with Crippen LogP contribution in [0.3, 0.4) is 0 Å². The summed E-state index contributed by atoms with van der Waals surface area (Å²) in [6.45, 7) is 2.70. The summed E-state index contributed by atoms with van der Waals surface area (Å²) < 4.78 is 29.3. The number of urea groups is 1. The van der Waals surface area contributed by atoms with Crippen LogP contribution in [0.25, 0.3) is 11.1 Å². The zero-order chi connectivity index (χ0) is 23.1. The average Bonchev–Trinajstić information content (AvgIpc) is 2.69. The van der Waals surface area contributed by atoms with E-state index in [1.165, 1.54) is 33.2 Å². The van der Waals surface area contributed by atoms with Gasteiger partial charge in [0, 0.05) is 23.7 Å². The number of amidine groups is 1. The fourth-order valence-electron chi connectivity index (χ4n) is 2.56. The molecule has 0 bridgehead atoms. The lowest BCUT2D eigenvalue weighted by atomic mass is 9.99. The number of amides is 3. The Morgan fingerprint density at radius 2 is 1.90 bits per heavy atom. The van der Waals surface area contributed by atoms with Crippen molar-refractivity contribution in [1.29, 1.82) is 0 Å². The van der Waals surface area contributed by atoms with Gasteiger partial charge in [0.2, 0.25) is 5.91 Å². The second-order valence-electron chi connectivity index (χ2n) is 6.18. The van der Waals surface area contributed by atoms with Gasteiger partial charge >= 0.3 is 6.03 Å². The maximum atomic E-state index is 14.8. The Hall–Kier alpha value is -3.67. The van der Waals surface area contributed by atoms with E-state index in [9.17, 15) is 18.4 Å². The van der Waals surface area contributed by atoms with Crippen molar-refractivity contribution in [3.8, 4) is 11.1 Å². The van der Waals surface area contributed by atoms with Crippen LogP contribution in [-0.2, 0) is 4.79 Å². The van der Waals surface area contributed by atoms with E-state index in [0.717, 1.165) is 12.1 Å². The molecule has 0 saturated carbocycles. The van der Waals surface area contributed by atoms with Gasteiger partial charge in [-0.3, -0.25) is 15.2 Å². The summed E-state index contributed by atoms with van der Waals surface area (Å²) >= 11 is 5.95. The average molecular weight is 453 g/mol. The Morgan fingerprint density at radius 3 is 2.52 bits per heavy atom.